The Bertz CT molecular complexity index is 565. The fourth-order valence-electron chi connectivity index (χ4n) is 2.42. The molecule has 1 aromatic heterocycles. The van der Waals surface area contributed by atoms with E-state index in [1.807, 2.05) is 0 Å². The van der Waals surface area contributed by atoms with E-state index in [1.54, 1.807) is 0 Å². The van der Waals surface area contributed by atoms with Crippen molar-refractivity contribution in [3.8, 4) is 0 Å². The third kappa shape index (κ3) is 4.30. The zero-order valence-corrected chi connectivity index (χ0v) is 15.2. The van der Waals surface area contributed by atoms with Gasteiger partial charge in [-0.1, -0.05) is 32.0 Å². The third-order valence-corrected chi connectivity index (χ3v) is 4.83. The molecule has 0 spiro atoms. The van der Waals surface area contributed by atoms with Gasteiger partial charge in [0, 0.05) is 28.3 Å². The van der Waals surface area contributed by atoms with Crippen LogP contribution in [-0.2, 0) is 6.42 Å². The molecule has 2 aromatic rings. The molecule has 2 rings (SSSR count). The van der Waals surface area contributed by atoms with Crippen LogP contribution in [0.25, 0.3) is 0 Å². The Morgan fingerprint density at radius 1 is 1.24 bits per heavy atom. The summed E-state index contributed by atoms with van der Waals surface area (Å²) < 4.78 is 3.39. The highest BCUT2D eigenvalue weighted by Crippen LogP contribution is 2.23. The summed E-state index contributed by atoms with van der Waals surface area (Å²) in [7, 11) is 0. The van der Waals surface area contributed by atoms with Crippen molar-refractivity contribution >= 4 is 22.6 Å². The van der Waals surface area contributed by atoms with Gasteiger partial charge in [0.15, 0.2) is 0 Å². The standard InChI is InChI=1S/C17H24IN3/c1-4-13(3)21-11-10-14(20-21)12-17(19-5-2)15-8-6-7-9-16(15)18/h6-11,13,17,19H,4-5,12H2,1-3H3. The lowest BCUT2D eigenvalue weighted by Crippen LogP contribution is -2.24. The van der Waals surface area contributed by atoms with Crippen molar-refractivity contribution in [2.45, 2.75) is 45.7 Å². The van der Waals surface area contributed by atoms with Crippen LogP contribution in [0.2, 0.25) is 0 Å². The van der Waals surface area contributed by atoms with Crippen molar-refractivity contribution in [2.75, 3.05) is 6.54 Å². The Morgan fingerprint density at radius 2 is 2.00 bits per heavy atom. The minimum absolute atomic E-state index is 0.323. The Morgan fingerprint density at radius 3 is 2.67 bits per heavy atom. The first-order chi connectivity index (χ1) is 10.2. The van der Waals surface area contributed by atoms with Crippen molar-refractivity contribution in [1.82, 2.24) is 15.1 Å². The first-order valence-corrected chi connectivity index (χ1v) is 8.75. The monoisotopic (exact) mass is 397 g/mol. The maximum Gasteiger partial charge on any atom is 0.0643 e. The first kappa shape index (κ1) is 16.5. The van der Waals surface area contributed by atoms with Gasteiger partial charge in [-0.05, 0) is 60.2 Å². The molecule has 0 aliphatic carbocycles. The number of halogens is 1. The summed E-state index contributed by atoms with van der Waals surface area (Å²) in [6.45, 7) is 7.51. The Labute approximate surface area is 141 Å². The van der Waals surface area contributed by atoms with Crippen LogP contribution in [-0.4, -0.2) is 16.3 Å². The number of aromatic nitrogens is 2. The molecule has 0 aliphatic rings. The van der Waals surface area contributed by atoms with Gasteiger partial charge >= 0.3 is 0 Å². The van der Waals surface area contributed by atoms with Crippen molar-refractivity contribution in [3.05, 3.63) is 51.4 Å². The predicted molar refractivity (Wildman–Crippen MR) is 96.5 cm³/mol. The fraction of sp³-hybridized carbons (Fsp3) is 0.471. The summed E-state index contributed by atoms with van der Waals surface area (Å²) >= 11 is 2.41. The second-order valence-corrected chi connectivity index (χ2v) is 6.54. The number of benzene rings is 1. The lowest BCUT2D eigenvalue weighted by molar-refractivity contribution is 0.467. The minimum Gasteiger partial charge on any atom is -0.310 e. The van der Waals surface area contributed by atoms with Crippen LogP contribution in [0.5, 0.6) is 0 Å². The third-order valence-electron chi connectivity index (χ3n) is 3.85. The SMILES string of the molecule is CCNC(Cc1ccn(C(C)CC)n1)c1ccccc1I. The fourth-order valence-corrected chi connectivity index (χ4v) is 3.19. The lowest BCUT2D eigenvalue weighted by atomic mass is 10.0. The van der Waals surface area contributed by atoms with Gasteiger partial charge in [-0.25, -0.2) is 0 Å². The Balaban J connectivity index is 2.17. The van der Waals surface area contributed by atoms with Crippen LogP contribution in [0, 0.1) is 3.57 Å². The second kappa shape index (κ2) is 7.94. The van der Waals surface area contributed by atoms with Crippen molar-refractivity contribution in [3.63, 3.8) is 0 Å². The molecule has 0 aliphatic heterocycles. The van der Waals surface area contributed by atoms with E-state index in [9.17, 15) is 0 Å². The average Bonchev–Trinajstić information content (AvgIpc) is 2.95. The van der Waals surface area contributed by atoms with E-state index in [4.69, 9.17) is 5.10 Å². The molecule has 0 amide bonds. The molecule has 0 saturated carbocycles. The van der Waals surface area contributed by atoms with E-state index < -0.39 is 0 Å². The predicted octanol–water partition coefficient (Wildman–Crippen LogP) is 4.35. The summed E-state index contributed by atoms with van der Waals surface area (Å²) in [4.78, 5) is 0. The zero-order chi connectivity index (χ0) is 15.2. The summed E-state index contributed by atoms with van der Waals surface area (Å²) in [5, 5.41) is 8.32. The summed E-state index contributed by atoms with van der Waals surface area (Å²) in [5.74, 6) is 0. The van der Waals surface area contributed by atoms with Crippen LogP contribution >= 0.6 is 22.6 Å². The van der Waals surface area contributed by atoms with Crippen LogP contribution in [0.4, 0.5) is 0 Å². The number of hydrogen-bond donors (Lipinski definition) is 1. The molecule has 2 atom stereocenters. The van der Waals surface area contributed by atoms with Gasteiger partial charge in [0.2, 0.25) is 0 Å². The maximum atomic E-state index is 4.73. The van der Waals surface area contributed by atoms with Gasteiger partial charge in [-0.15, -0.1) is 0 Å². The van der Waals surface area contributed by atoms with E-state index in [0.717, 1.165) is 25.1 Å². The van der Waals surface area contributed by atoms with E-state index in [-0.39, 0.29) is 0 Å². The molecular formula is C17H24IN3. The number of rotatable bonds is 7. The van der Waals surface area contributed by atoms with E-state index in [1.165, 1.54) is 9.13 Å². The number of hydrogen-bond acceptors (Lipinski definition) is 2. The van der Waals surface area contributed by atoms with E-state index in [0.29, 0.717) is 12.1 Å². The molecule has 114 valence electrons. The molecule has 21 heavy (non-hydrogen) atoms. The van der Waals surface area contributed by atoms with Crippen LogP contribution in [0.1, 0.15) is 50.5 Å². The van der Waals surface area contributed by atoms with Gasteiger partial charge < -0.3 is 5.32 Å². The van der Waals surface area contributed by atoms with Crippen LogP contribution < -0.4 is 5.32 Å². The Kier molecular flexibility index (Phi) is 6.23. The van der Waals surface area contributed by atoms with Crippen molar-refractivity contribution < 1.29 is 0 Å². The topological polar surface area (TPSA) is 29.9 Å². The van der Waals surface area contributed by atoms with Crippen molar-refractivity contribution in [2.24, 2.45) is 0 Å². The molecule has 1 aromatic carbocycles. The molecule has 0 fully saturated rings. The highest BCUT2D eigenvalue weighted by Gasteiger charge is 2.15. The molecule has 4 heteroatoms. The van der Waals surface area contributed by atoms with Gasteiger partial charge in [0.25, 0.3) is 0 Å². The summed E-state index contributed by atoms with van der Waals surface area (Å²) in [6.07, 6.45) is 4.13. The molecular weight excluding hydrogens is 373 g/mol. The number of likely N-dealkylation sites (N-methyl/N-ethyl adjacent to an activating group) is 1. The second-order valence-electron chi connectivity index (χ2n) is 5.38. The number of nitrogens with one attached hydrogen (secondary N) is 1. The number of nitrogens with zero attached hydrogens (tertiary/aromatic N) is 2. The molecule has 3 nitrogen and oxygen atoms in total. The quantitative estimate of drug-likeness (QED) is 0.704. The van der Waals surface area contributed by atoms with Gasteiger partial charge in [-0.2, -0.15) is 5.10 Å². The molecule has 2 unspecified atom stereocenters. The molecule has 1 heterocycles. The summed E-state index contributed by atoms with van der Waals surface area (Å²) in [6, 6.07) is 11.5. The average molecular weight is 397 g/mol. The molecule has 0 saturated heterocycles. The smallest absolute Gasteiger partial charge is 0.0643 e. The molecule has 1 N–H and O–H groups in total. The molecule has 0 radical (unpaired) electrons. The largest absolute Gasteiger partial charge is 0.310 e. The first-order valence-electron chi connectivity index (χ1n) is 7.67. The van der Waals surface area contributed by atoms with Gasteiger partial charge in [0.05, 0.1) is 5.69 Å². The lowest BCUT2D eigenvalue weighted by Gasteiger charge is -2.19. The maximum absolute atomic E-state index is 4.73. The van der Waals surface area contributed by atoms with Crippen molar-refractivity contribution in [1.29, 1.82) is 0 Å². The normalized spacial score (nSPS) is 14.1. The van der Waals surface area contributed by atoms with E-state index in [2.05, 4.69) is 89.9 Å². The zero-order valence-electron chi connectivity index (χ0n) is 13.0. The van der Waals surface area contributed by atoms with Gasteiger partial charge in [-0.3, -0.25) is 4.68 Å². The highest BCUT2D eigenvalue weighted by molar-refractivity contribution is 14.1. The summed E-state index contributed by atoms with van der Waals surface area (Å²) in [5.41, 5.74) is 2.51. The van der Waals surface area contributed by atoms with Gasteiger partial charge in [0.1, 0.15) is 0 Å². The minimum atomic E-state index is 0.323. The highest BCUT2D eigenvalue weighted by atomic mass is 127. The Hall–Kier alpha value is -0.880. The van der Waals surface area contributed by atoms with Crippen LogP contribution in [0.15, 0.2) is 36.5 Å². The molecule has 0 bridgehead atoms. The van der Waals surface area contributed by atoms with Crippen LogP contribution in [0.3, 0.4) is 0 Å². The van der Waals surface area contributed by atoms with E-state index >= 15 is 0 Å².